The lowest BCUT2D eigenvalue weighted by Crippen LogP contribution is -2.22. The molecule has 4 rings (SSSR count). The van der Waals surface area contributed by atoms with Crippen LogP contribution >= 0.6 is 43.5 Å². The number of nitro groups is 1. The Labute approximate surface area is 221 Å². The molecule has 0 spiro atoms. The van der Waals surface area contributed by atoms with Crippen LogP contribution in [0.25, 0.3) is 10.9 Å². The van der Waals surface area contributed by atoms with Crippen molar-refractivity contribution in [3.63, 3.8) is 0 Å². The van der Waals surface area contributed by atoms with Gasteiger partial charge in [-0.15, -0.1) is 0 Å². The van der Waals surface area contributed by atoms with Gasteiger partial charge in [-0.2, -0.15) is 9.78 Å². The Kier molecular flexibility index (Phi) is 7.63. The lowest BCUT2D eigenvalue weighted by atomic mass is 10.2. The third kappa shape index (κ3) is 5.61. The minimum Gasteiger partial charge on any atom is -0.486 e. The number of nitro benzene ring substituents is 1. The Hall–Kier alpha value is -3.08. The van der Waals surface area contributed by atoms with Crippen LogP contribution in [0.1, 0.15) is 23.9 Å². The van der Waals surface area contributed by atoms with Crippen molar-refractivity contribution in [3.8, 4) is 5.75 Å². The summed E-state index contributed by atoms with van der Waals surface area (Å²) in [5, 5.41) is 16.1. The van der Waals surface area contributed by atoms with Crippen molar-refractivity contribution in [1.82, 2.24) is 9.66 Å². The molecule has 3 aromatic carbocycles. The number of hydrogen-bond donors (Lipinski definition) is 0. The van der Waals surface area contributed by atoms with Crippen LogP contribution in [-0.2, 0) is 13.0 Å². The number of aromatic nitrogens is 2. The van der Waals surface area contributed by atoms with Gasteiger partial charge >= 0.3 is 0 Å². The second kappa shape index (κ2) is 10.7. The summed E-state index contributed by atoms with van der Waals surface area (Å²) in [6.45, 7) is 2.00. The topological polar surface area (TPSA) is 99.6 Å². The molecule has 0 saturated carbocycles. The zero-order valence-electron chi connectivity index (χ0n) is 18.2. The van der Waals surface area contributed by atoms with Crippen molar-refractivity contribution < 1.29 is 9.66 Å². The minimum absolute atomic E-state index is 0.0138. The lowest BCUT2D eigenvalue weighted by molar-refractivity contribution is -0.384. The molecule has 0 atom stereocenters. The number of aryl methyl sites for hydroxylation is 1. The SMILES string of the molecule is CCc1nc2ccc(Br)cc2c(=O)n1N=Cc1cc(Cl)c(OCc2cccc([N+](=O)[O-])c2)c(Br)c1. The number of rotatable bonds is 7. The van der Waals surface area contributed by atoms with Gasteiger partial charge in [-0.3, -0.25) is 14.9 Å². The van der Waals surface area contributed by atoms with Crippen LogP contribution in [-0.4, -0.2) is 20.8 Å². The molecule has 11 heteroatoms. The molecule has 0 radical (unpaired) electrons. The molecule has 0 aliphatic heterocycles. The normalized spacial score (nSPS) is 11.3. The summed E-state index contributed by atoms with van der Waals surface area (Å²) < 4.78 is 8.43. The van der Waals surface area contributed by atoms with E-state index in [4.69, 9.17) is 16.3 Å². The molecular weight excluding hydrogens is 604 g/mol. The number of nitrogens with zero attached hydrogens (tertiary/aromatic N) is 4. The number of hydrogen-bond acceptors (Lipinski definition) is 6. The number of fused-ring (bicyclic) bond motifs is 1. The van der Waals surface area contributed by atoms with Crippen LogP contribution in [0.2, 0.25) is 5.02 Å². The molecule has 1 heterocycles. The molecule has 8 nitrogen and oxygen atoms in total. The molecule has 0 amide bonds. The quantitative estimate of drug-likeness (QED) is 0.133. The third-order valence-electron chi connectivity index (χ3n) is 5.04. The highest BCUT2D eigenvalue weighted by Gasteiger charge is 2.13. The van der Waals surface area contributed by atoms with Gasteiger partial charge in [0.2, 0.25) is 0 Å². The number of benzene rings is 3. The van der Waals surface area contributed by atoms with E-state index in [0.29, 0.717) is 49.5 Å². The Balaban J connectivity index is 1.61. The summed E-state index contributed by atoms with van der Waals surface area (Å²) in [5.74, 6) is 0.919. The highest BCUT2D eigenvalue weighted by molar-refractivity contribution is 9.10. The van der Waals surface area contributed by atoms with Crippen molar-refractivity contribution >= 4 is 66.3 Å². The first kappa shape index (κ1) is 25.0. The highest BCUT2D eigenvalue weighted by atomic mass is 79.9. The fraction of sp³-hybridized carbons (Fsp3) is 0.125. The zero-order valence-corrected chi connectivity index (χ0v) is 22.2. The molecule has 0 N–H and O–H groups in total. The van der Waals surface area contributed by atoms with Crippen LogP contribution in [0.5, 0.6) is 5.75 Å². The van der Waals surface area contributed by atoms with E-state index >= 15 is 0 Å². The van der Waals surface area contributed by atoms with Crippen molar-refractivity contribution in [2.45, 2.75) is 20.0 Å². The summed E-state index contributed by atoms with van der Waals surface area (Å²) in [6.07, 6.45) is 2.04. The fourth-order valence-electron chi connectivity index (χ4n) is 3.37. The van der Waals surface area contributed by atoms with Crippen LogP contribution < -0.4 is 10.3 Å². The number of ether oxygens (including phenoxy) is 1. The molecule has 1 aromatic heterocycles. The summed E-state index contributed by atoms with van der Waals surface area (Å²) >= 11 is 13.3. The second-order valence-corrected chi connectivity index (χ2v) is 9.61. The van der Waals surface area contributed by atoms with Crippen LogP contribution in [0.3, 0.4) is 0 Å². The second-order valence-electron chi connectivity index (χ2n) is 7.43. The average Bonchev–Trinajstić information content (AvgIpc) is 2.83. The third-order valence-corrected chi connectivity index (χ3v) is 6.40. The van der Waals surface area contributed by atoms with Gasteiger partial charge in [-0.25, -0.2) is 4.98 Å². The first-order valence-electron chi connectivity index (χ1n) is 10.4. The molecule has 178 valence electrons. The molecule has 0 bridgehead atoms. The highest BCUT2D eigenvalue weighted by Crippen LogP contribution is 2.35. The maximum Gasteiger partial charge on any atom is 0.282 e. The molecule has 0 aliphatic rings. The summed E-state index contributed by atoms with van der Waals surface area (Å²) in [4.78, 5) is 28.1. The summed E-state index contributed by atoms with van der Waals surface area (Å²) in [7, 11) is 0. The van der Waals surface area contributed by atoms with E-state index in [1.54, 1.807) is 36.4 Å². The molecule has 35 heavy (non-hydrogen) atoms. The maximum atomic E-state index is 13.0. The van der Waals surface area contributed by atoms with E-state index in [2.05, 4.69) is 41.9 Å². The van der Waals surface area contributed by atoms with E-state index in [0.717, 1.165) is 4.47 Å². The van der Waals surface area contributed by atoms with E-state index < -0.39 is 4.92 Å². The predicted molar refractivity (Wildman–Crippen MR) is 143 cm³/mol. The van der Waals surface area contributed by atoms with E-state index in [1.165, 1.54) is 23.0 Å². The Morgan fingerprint density at radius 3 is 2.71 bits per heavy atom. The first-order valence-corrected chi connectivity index (χ1v) is 12.3. The van der Waals surface area contributed by atoms with Crippen molar-refractivity contribution in [3.05, 3.63) is 106 Å². The Morgan fingerprint density at radius 2 is 2.00 bits per heavy atom. The Bertz CT molecular complexity index is 1520. The molecule has 0 fully saturated rings. The summed E-state index contributed by atoms with van der Waals surface area (Å²) in [6, 6.07) is 14.9. The van der Waals surface area contributed by atoms with Crippen LogP contribution in [0.15, 0.2) is 73.4 Å². The molecule has 0 aliphatic carbocycles. The van der Waals surface area contributed by atoms with Gasteiger partial charge < -0.3 is 4.74 Å². The Morgan fingerprint density at radius 1 is 1.20 bits per heavy atom. The smallest absolute Gasteiger partial charge is 0.282 e. The van der Waals surface area contributed by atoms with E-state index in [1.807, 2.05) is 13.0 Å². The monoisotopic (exact) mass is 618 g/mol. The average molecular weight is 621 g/mol. The minimum atomic E-state index is -0.459. The number of halogens is 3. The van der Waals surface area contributed by atoms with E-state index in [9.17, 15) is 14.9 Å². The first-order chi connectivity index (χ1) is 16.8. The van der Waals surface area contributed by atoms with Crippen molar-refractivity contribution in [2.75, 3.05) is 0 Å². The standard InChI is InChI=1S/C24H17Br2ClN4O4/c1-2-22-29-21-7-6-16(25)11-18(21)24(32)30(22)28-12-15-9-19(26)23(20(27)10-15)35-13-14-4-3-5-17(8-14)31(33)34/h3-12H,2,13H2,1H3. The van der Waals surface area contributed by atoms with Gasteiger partial charge in [-0.1, -0.05) is 46.6 Å². The molecule has 0 saturated heterocycles. The van der Waals surface area contributed by atoms with Gasteiger partial charge in [-0.05, 0) is 57.4 Å². The lowest BCUT2D eigenvalue weighted by Gasteiger charge is -2.11. The van der Waals surface area contributed by atoms with Crippen LogP contribution in [0, 0.1) is 10.1 Å². The van der Waals surface area contributed by atoms with Crippen molar-refractivity contribution in [2.24, 2.45) is 5.10 Å². The predicted octanol–water partition coefficient (Wildman–Crippen LogP) is 6.51. The zero-order chi connectivity index (χ0) is 25.1. The van der Waals surface area contributed by atoms with Crippen LogP contribution in [0.4, 0.5) is 5.69 Å². The molecule has 0 unspecified atom stereocenters. The maximum absolute atomic E-state index is 13.0. The van der Waals surface area contributed by atoms with Gasteiger partial charge in [0.25, 0.3) is 11.2 Å². The van der Waals surface area contributed by atoms with Gasteiger partial charge in [0.1, 0.15) is 12.4 Å². The molecule has 4 aromatic rings. The summed E-state index contributed by atoms with van der Waals surface area (Å²) in [5.41, 5.74) is 1.59. The fourth-order valence-corrected chi connectivity index (χ4v) is 4.72. The van der Waals surface area contributed by atoms with Gasteiger partial charge in [0.15, 0.2) is 5.75 Å². The van der Waals surface area contributed by atoms with Gasteiger partial charge in [0.05, 0.1) is 31.5 Å². The largest absolute Gasteiger partial charge is 0.486 e. The van der Waals surface area contributed by atoms with Crippen molar-refractivity contribution in [1.29, 1.82) is 0 Å². The number of non-ortho nitro benzene ring substituents is 1. The van der Waals surface area contributed by atoms with Gasteiger partial charge in [0, 0.05) is 23.0 Å². The molecular formula is C24H17Br2ClN4O4. The van der Waals surface area contributed by atoms with E-state index in [-0.39, 0.29) is 17.9 Å².